The number of hydrogen-bond acceptors (Lipinski definition) is 10. The van der Waals surface area contributed by atoms with Gasteiger partial charge in [-0.1, -0.05) is 0 Å². The van der Waals surface area contributed by atoms with Crippen molar-refractivity contribution < 1.29 is 31.0 Å². The maximum Gasteiger partial charge on any atom is 0.325 e. The lowest BCUT2D eigenvalue weighted by atomic mass is 9.96. The van der Waals surface area contributed by atoms with E-state index in [4.69, 9.17) is 5.73 Å². The van der Waals surface area contributed by atoms with Gasteiger partial charge in [0, 0.05) is 13.1 Å². The maximum absolute atomic E-state index is 14.8. The molecule has 0 atom stereocenters. The lowest BCUT2D eigenvalue weighted by Crippen LogP contribution is -2.38. The zero-order valence-corrected chi connectivity index (χ0v) is 18.6. The Morgan fingerprint density at radius 3 is 2.59 bits per heavy atom. The normalized spacial score (nSPS) is 14.9. The Morgan fingerprint density at radius 1 is 1.21 bits per heavy atom. The molecule has 1 saturated heterocycles. The molecule has 0 bridgehead atoms. The number of amides is 1. The molecule has 12 nitrogen and oxygen atoms in total. The van der Waals surface area contributed by atoms with Crippen LogP contribution < -0.4 is 16.0 Å². The number of piperidine rings is 1. The van der Waals surface area contributed by atoms with Gasteiger partial charge < -0.3 is 20.1 Å². The fraction of sp³-hybridized carbons (Fsp3) is 0.316. The molecule has 0 aromatic carbocycles. The maximum atomic E-state index is 14.8. The molecular weight excluding hydrogens is 476 g/mol. The Hall–Kier alpha value is -3.88. The van der Waals surface area contributed by atoms with Gasteiger partial charge in [0.2, 0.25) is 0 Å². The van der Waals surface area contributed by atoms with Gasteiger partial charge in [0.25, 0.3) is 5.91 Å². The lowest BCUT2D eigenvalue weighted by molar-refractivity contribution is -0.138. The summed E-state index contributed by atoms with van der Waals surface area (Å²) >= 11 is 0. The van der Waals surface area contributed by atoms with E-state index in [9.17, 15) is 26.8 Å². The van der Waals surface area contributed by atoms with Crippen molar-refractivity contribution in [2.45, 2.75) is 12.8 Å². The SMILES string of the molecule is CS(=O)(=O)OC(=O)C1CCN(c2c(F)cncc2NC(=O)c2c(N)nn3cc(F)cnc23)CC1. The average molecular weight is 495 g/mol. The number of hydrogen-bond donors (Lipinski definition) is 2. The molecule has 4 rings (SSSR count). The van der Waals surface area contributed by atoms with Crippen molar-refractivity contribution >= 4 is 44.8 Å². The molecule has 0 radical (unpaired) electrons. The minimum atomic E-state index is -3.93. The highest BCUT2D eigenvalue weighted by molar-refractivity contribution is 7.86. The first-order valence-electron chi connectivity index (χ1n) is 9.96. The minimum absolute atomic E-state index is 0.00696. The molecule has 34 heavy (non-hydrogen) atoms. The third kappa shape index (κ3) is 4.73. The zero-order valence-electron chi connectivity index (χ0n) is 17.7. The van der Waals surface area contributed by atoms with Gasteiger partial charge in [-0.3, -0.25) is 14.6 Å². The van der Waals surface area contributed by atoms with Gasteiger partial charge in [-0.2, -0.15) is 8.42 Å². The van der Waals surface area contributed by atoms with E-state index in [-0.39, 0.29) is 54.3 Å². The predicted molar refractivity (Wildman–Crippen MR) is 115 cm³/mol. The number of carbonyl (C=O) groups is 2. The third-order valence-corrected chi connectivity index (χ3v) is 5.66. The van der Waals surface area contributed by atoms with Crippen molar-refractivity contribution in [1.82, 2.24) is 19.6 Å². The van der Waals surface area contributed by atoms with E-state index in [0.717, 1.165) is 29.4 Å². The van der Waals surface area contributed by atoms with Crippen LogP contribution in [0, 0.1) is 17.6 Å². The van der Waals surface area contributed by atoms with Gasteiger partial charge >= 0.3 is 16.1 Å². The van der Waals surface area contributed by atoms with E-state index in [1.54, 1.807) is 4.90 Å². The Kier molecular flexibility index (Phi) is 6.03. The van der Waals surface area contributed by atoms with Crippen LogP contribution in [0.15, 0.2) is 24.8 Å². The van der Waals surface area contributed by atoms with Crippen LogP contribution in [0.5, 0.6) is 0 Å². The highest BCUT2D eigenvalue weighted by atomic mass is 32.2. The second-order valence-electron chi connectivity index (χ2n) is 7.64. The summed E-state index contributed by atoms with van der Waals surface area (Å²) in [5, 5.41) is 6.40. The summed E-state index contributed by atoms with van der Waals surface area (Å²) in [6.45, 7) is 0.375. The summed E-state index contributed by atoms with van der Waals surface area (Å²) in [5.41, 5.74) is 5.76. The highest BCUT2D eigenvalue weighted by Gasteiger charge is 2.31. The van der Waals surface area contributed by atoms with E-state index in [1.165, 1.54) is 6.20 Å². The number of aromatic nitrogens is 4. The van der Waals surface area contributed by atoms with E-state index in [0.29, 0.717) is 0 Å². The summed E-state index contributed by atoms with van der Waals surface area (Å²) in [6.07, 6.45) is 5.33. The summed E-state index contributed by atoms with van der Waals surface area (Å²) in [5.74, 6) is -3.89. The molecule has 0 spiro atoms. The number of anilines is 3. The highest BCUT2D eigenvalue weighted by Crippen LogP contribution is 2.33. The number of nitrogens with two attached hydrogens (primary N) is 1. The quantitative estimate of drug-likeness (QED) is 0.488. The van der Waals surface area contributed by atoms with Crippen LogP contribution in [-0.4, -0.2) is 59.2 Å². The van der Waals surface area contributed by atoms with Crippen molar-refractivity contribution in [2.24, 2.45) is 5.92 Å². The first-order valence-corrected chi connectivity index (χ1v) is 11.8. The molecule has 0 unspecified atom stereocenters. The molecule has 3 aromatic rings. The van der Waals surface area contributed by atoms with Crippen LogP contribution >= 0.6 is 0 Å². The van der Waals surface area contributed by atoms with Crippen molar-refractivity contribution in [3.63, 3.8) is 0 Å². The van der Waals surface area contributed by atoms with Crippen LogP contribution in [0.4, 0.5) is 26.0 Å². The number of pyridine rings is 1. The van der Waals surface area contributed by atoms with Crippen molar-refractivity contribution in [3.05, 3.63) is 42.0 Å². The molecule has 1 fully saturated rings. The van der Waals surface area contributed by atoms with Crippen molar-refractivity contribution in [2.75, 3.05) is 35.3 Å². The number of fused-ring (bicyclic) bond motifs is 1. The first-order chi connectivity index (χ1) is 16.0. The molecular formula is C19H19F2N7O5S. The van der Waals surface area contributed by atoms with Crippen LogP contribution in [-0.2, 0) is 19.1 Å². The molecule has 3 N–H and O–H groups in total. The topological polar surface area (TPSA) is 162 Å². The van der Waals surface area contributed by atoms with Crippen molar-refractivity contribution in [3.8, 4) is 0 Å². The number of halogens is 2. The van der Waals surface area contributed by atoms with Crippen LogP contribution in [0.25, 0.3) is 5.65 Å². The predicted octanol–water partition coefficient (Wildman–Crippen LogP) is 0.956. The molecule has 180 valence electrons. The average Bonchev–Trinajstić information content (AvgIpc) is 3.07. The lowest BCUT2D eigenvalue weighted by Gasteiger charge is -2.33. The minimum Gasteiger partial charge on any atom is -0.381 e. The number of rotatable bonds is 5. The van der Waals surface area contributed by atoms with Crippen LogP contribution in [0.1, 0.15) is 23.2 Å². The van der Waals surface area contributed by atoms with Gasteiger partial charge in [-0.15, -0.1) is 5.10 Å². The Bertz CT molecular complexity index is 1390. The Labute approximate surface area is 191 Å². The zero-order chi connectivity index (χ0) is 24.6. The van der Waals surface area contributed by atoms with Gasteiger partial charge in [0.05, 0.1) is 42.6 Å². The first kappa shape index (κ1) is 23.3. The summed E-state index contributed by atoms with van der Waals surface area (Å²) < 4.78 is 56.0. The number of nitrogens with one attached hydrogen (secondary N) is 1. The molecule has 0 saturated carbocycles. The largest absolute Gasteiger partial charge is 0.381 e. The fourth-order valence-electron chi connectivity index (χ4n) is 3.73. The molecule has 15 heteroatoms. The van der Waals surface area contributed by atoms with E-state index in [2.05, 4.69) is 24.6 Å². The van der Waals surface area contributed by atoms with Gasteiger partial charge in [0.1, 0.15) is 11.3 Å². The summed E-state index contributed by atoms with van der Waals surface area (Å²) in [7, 11) is -3.93. The smallest absolute Gasteiger partial charge is 0.325 e. The van der Waals surface area contributed by atoms with Crippen molar-refractivity contribution in [1.29, 1.82) is 0 Å². The second-order valence-corrected chi connectivity index (χ2v) is 9.21. The molecule has 4 heterocycles. The second kappa shape index (κ2) is 8.81. The number of nitrogens with zero attached hydrogens (tertiary/aromatic N) is 5. The standard InChI is InChI=1S/C19H19F2N7O5S/c1-34(31,32)33-19(30)10-2-4-27(5-3-10)15-12(21)7-23-8-13(15)25-18(29)14-16(22)26-28-9-11(20)6-24-17(14)28/h6-10H,2-5H2,1H3,(H2,22,26)(H,25,29). The Morgan fingerprint density at radius 2 is 1.91 bits per heavy atom. The van der Waals surface area contributed by atoms with E-state index >= 15 is 0 Å². The van der Waals surface area contributed by atoms with Gasteiger partial charge in [-0.25, -0.2) is 18.3 Å². The van der Waals surface area contributed by atoms with Gasteiger partial charge in [0.15, 0.2) is 23.1 Å². The number of carbonyl (C=O) groups excluding carboxylic acids is 2. The summed E-state index contributed by atoms with van der Waals surface area (Å²) in [4.78, 5) is 34.2. The van der Waals surface area contributed by atoms with Gasteiger partial charge in [-0.05, 0) is 12.8 Å². The molecule has 1 amide bonds. The monoisotopic (exact) mass is 495 g/mol. The van der Waals surface area contributed by atoms with E-state index < -0.39 is 39.5 Å². The van der Waals surface area contributed by atoms with Crippen LogP contribution in [0.2, 0.25) is 0 Å². The van der Waals surface area contributed by atoms with E-state index in [1.807, 2.05) is 0 Å². The fourth-order valence-corrected chi connectivity index (χ4v) is 4.16. The van der Waals surface area contributed by atoms with Crippen LogP contribution in [0.3, 0.4) is 0 Å². The Balaban J connectivity index is 1.55. The molecule has 1 aliphatic heterocycles. The molecule has 3 aromatic heterocycles. The molecule has 0 aliphatic carbocycles. The summed E-state index contributed by atoms with van der Waals surface area (Å²) in [6, 6.07) is 0. The number of nitrogen functional groups attached to an aromatic ring is 1. The molecule has 1 aliphatic rings. The third-order valence-electron chi connectivity index (χ3n) is 5.19.